The number of rotatable bonds is 9. The first-order chi connectivity index (χ1) is 10.6. The van der Waals surface area contributed by atoms with E-state index in [0.29, 0.717) is 0 Å². The lowest BCUT2D eigenvalue weighted by atomic mass is 10.1. The van der Waals surface area contributed by atoms with Crippen LogP contribution in [0.3, 0.4) is 0 Å². The van der Waals surface area contributed by atoms with E-state index in [-0.39, 0.29) is 5.75 Å². The fourth-order valence-corrected chi connectivity index (χ4v) is 1.81. The fourth-order valence-electron chi connectivity index (χ4n) is 1.81. The van der Waals surface area contributed by atoms with E-state index in [2.05, 4.69) is 25.4 Å². The van der Waals surface area contributed by atoms with Crippen LogP contribution in [-0.4, -0.2) is 11.7 Å². The molecule has 0 aliphatic heterocycles. The monoisotopic (exact) mass is 295 g/mol. The van der Waals surface area contributed by atoms with E-state index >= 15 is 0 Å². The van der Waals surface area contributed by atoms with E-state index in [1.54, 1.807) is 18.2 Å². The average molecular weight is 295 g/mol. The number of hydrogen-bond donors (Lipinski definition) is 2. The highest BCUT2D eigenvalue weighted by atomic mass is 16.3. The first-order valence-electron chi connectivity index (χ1n) is 7.46. The number of aromatic hydroxyl groups is 1. The Morgan fingerprint density at radius 3 is 2.59 bits per heavy atom. The second-order valence-electron chi connectivity index (χ2n) is 5.18. The van der Waals surface area contributed by atoms with Crippen molar-refractivity contribution in [1.29, 1.82) is 0 Å². The normalized spacial score (nSPS) is 12.0. The molecule has 0 bridgehead atoms. The molecule has 22 heavy (non-hydrogen) atoms. The lowest BCUT2D eigenvalue weighted by Gasteiger charge is -2.01. The Balaban J connectivity index is 2.51. The molecular formula is C20H25NO. The van der Waals surface area contributed by atoms with Gasteiger partial charge in [0.1, 0.15) is 5.75 Å². The summed E-state index contributed by atoms with van der Waals surface area (Å²) in [4.78, 5) is 0. The zero-order valence-electron chi connectivity index (χ0n) is 13.3. The molecule has 2 heteroatoms. The minimum Gasteiger partial charge on any atom is -0.508 e. The van der Waals surface area contributed by atoms with Crippen LogP contribution in [0.4, 0.5) is 0 Å². The Morgan fingerprint density at radius 2 is 1.95 bits per heavy atom. The predicted octanol–water partition coefficient (Wildman–Crippen LogP) is 4.98. The SMILES string of the molecule is C=C/C=C(\C=C/NCCCC(=C)C)/C=C/c1ccc(O)cc1. The van der Waals surface area contributed by atoms with E-state index in [0.717, 1.165) is 30.5 Å². The van der Waals surface area contributed by atoms with E-state index in [9.17, 15) is 5.11 Å². The van der Waals surface area contributed by atoms with Gasteiger partial charge in [-0.15, -0.1) is 6.58 Å². The Hall–Kier alpha value is -2.48. The molecule has 1 aromatic carbocycles. The first-order valence-corrected chi connectivity index (χ1v) is 7.46. The van der Waals surface area contributed by atoms with Crippen LogP contribution in [0.15, 0.2) is 79.1 Å². The third-order valence-electron chi connectivity index (χ3n) is 2.99. The van der Waals surface area contributed by atoms with E-state index in [1.165, 1.54) is 5.57 Å². The van der Waals surface area contributed by atoms with Crippen molar-refractivity contribution < 1.29 is 5.11 Å². The third-order valence-corrected chi connectivity index (χ3v) is 2.99. The lowest BCUT2D eigenvalue weighted by Crippen LogP contribution is -2.06. The molecule has 2 N–H and O–H groups in total. The second kappa shape index (κ2) is 10.3. The molecule has 0 amide bonds. The molecule has 0 aliphatic rings. The zero-order valence-corrected chi connectivity index (χ0v) is 13.3. The highest BCUT2D eigenvalue weighted by molar-refractivity contribution is 5.55. The maximum atomic E-state index is 9.27. The molecular weight excluding hydrogens is 270 g/mol. The highest BCUT2D eigenvalue weighted by Crippen LogP contribution is 2.12. The van der Waals surface area contributed by atoms with Crippen molar-refractivity contribution >= 4 is 6.08 Å². The minimum atomic E-state index is 0.276. The fraction of sp³-hybridized carbons (Fsp3) is 0.200. The van der Waals surface area contributed by atoms with Crippen LogP contribution in [0.25, 0.3) is 6.08 Å². The van der Waals surface area contributed by atoms with Gasteiger partial charge < -0.3 is 10.4 Å². The van der Waals surface area contributed by atoms with Crippen LogP contribution in [0.1, 0.15) is 25.3 Å². The highest BCUT2D eigenvalue weighted by Gasteiger charge is 1.90. The van der Waals surface area contributed by atoms with Gasteiger partial charge in [0.2, 0.25) is 0 Å². The Bertz CT molecular complexity index is 562. The number of hydrogen-bond acceptors (Lipinski definition) is 2. The topological polar surface area (TPSA) is 32.3 Å². The smallest absolute Gasteiger partial charge is 0.115 e. The van der Waals surface area contributed by atoms with Gasteiger partial charge in [-0.1, -0.05) is 48.6 Å². The number of nitrogens with one attached hydrogen (secondary N) is 1. The number of benzene rings is 1. The van der Waals surface area contributed by atoms with Crippen LogP contribution in [0.5, 0.6) is 5.75 Å². The molecule has 0 aromatic heterocycles. The van der Waals surface area contributed by atoms with Gasteiger partial charge in [-0.3, -0.25) is 0 Å². The van der Waals surface area contributed by atoms with Gasteiger partial charge >= 0.3 is 0 Å². The molecule has 2 nitrogen and oxygen atoms in total. The molecule has 1 rings (SSSR count). The van der Waals surface area contributed by atoms with Crippen molar-refractivity contribution in [3.8, 4) is 5.75 Å². The molecule has 0 radical (unpaired) electrons. The summed E-state index contributed by atoms with van der Waals surface area (Å²) >= 11 is 0. The summed E-state index contributed by atoms with van der Waals surface area (Å²) in [7, 11) is 0. The molecule has 116 valence electrons. The summed E-state index contributed by atoms with van der Waals surface area (Å²) in [6.45, 7) is 10.6. The zero-order chi connectivity index (χ0) is 16.2. The van der Waals surface area contributed by atoms with Crippen molar-refractivity contribution in [3.63, 3.8) is 0 Å². The summed E-state index contributed by atoms with van der Waals surface area (Å²) in [6, 6.07) is 7.10. The Labute approximate surface area is 133 Å². The maximum absolute atomic E-state index is 9.27. The van der Waals surface area contributed by atoms with E-state index < -0.39 is 0 Å². The van der Waals surface area contributed by atoms with Gasteiger partial charge in [-0.25, -0.2) is 0 Å². The molecule has 0 saturated heterocycles. The van der Waals surface area contributed by atoms with Crippen LogP contribution < -0.4 is 5.32 Å². The molecule has 0 aliphatic carbocycles. The summed E-state index contributed by atoms with van der Waals surface area (Å²) in [5.41, 5.74) is 3.31. The molecule has 0 saturated carbocycles. The molecule has 0 spiro atoms. The number of phenols is 1. The van der Waals surface area contributed by atoms with Crippen molar-refractivity contribution in [3.05, 3.63) is 84.6 Å². The average Bonchev–Trinajstić information content (AvgIpc) is 2.49. The third kappa shape index (κ3) is 7.95. The van der Waals surface area contributed by atoms with Gasteiger partial charge in [0.15, 0.2) is 0 Å². The largest absolute Gasteiger partial charge is 0.508 e. The van der Waals surface area contributed by atoms with Crippen molar-refractivity contribution in [2.45, 2.75) is 19.8 Å². The van der Waals surface area contributed by atoms with Gasteiger partial charge in [-0.2, -0.15) is 0 Å². The quantitative estimate of drug-likeness (QED) is 0.383. The maximum Gasteiger partial charge on any atom is 0.115 e. The van der Waals surface area contributed by atoms with Gasteiger partial charge in [0.25, 0.3) is 0 Å². The predicted molar refractivity (Wildman–Crippen MR) is 96.6 cm³/mol. The molecule has 0 heterocycles. The van der Waals surface area contributed by atoms with Crippen LogP contribution in [-0.2, 0) is 0 Å². The lowest BCUT2D eigenvalue weighted by molar-refractivity contribution is 0.475. The van der Waals surface area contributed by atoms with Crippen LogP contribution in [0, 0.1) is 0 Å². The van der Waals surface area contributed by atoms with Crippen molar-refractivity contribution in [2.24, 2.45) is 0 Å². The standard InChI is InChI=1S/C20H25NO/c1-4-6-18(14-16-21-15-5-7-17(2)3)8-9-19-10-12-20(22)13-11-19/h4,6,8-14,16,21-22H,1-2,5,7,15H2,3H3/b9-8+,16-14-,18-6-. The van der Waals surface area contributed by atoms with Gasteiger partial charge in [0, 0.05) is 6.54 Å². The summed E-state index contributed by atoms with van der Waals surface area (Å²) in [5.74, 6) is 0.276. The van der Waals surface area contributed by atoms with Crippen LogP contribution >= 0.6 is 0 Å². The van der Waals surface area contributed by atoms with E-state index in [4.69, 9.17) is 0 Å². The minimum absolute atomic E-state index is 0.276. The molecule has 1 aromatic rings. The summed E-state index contributed by atoms with van der Waals surface area (Å²) in [6.07, 6.45) is 13.8. The molecule has 0 atom stereocenters. The first kappa shape index (κ1) is 17.6. The Morgan fingerprint density at radius 1 is 1.23 bits per heavy atom. The molecule has 0 unspecified atom stereocenters. The number of phenolic OH excluding ortho intramolecular Hbond substituents is 1. The number of allylic oxidation sites excluding steroid dienone is 6. The van der Waals surface area contributed by atoms with Gasteiger partial charge in [0.05, 0.1) is 0 Å². The molecule has 0 fully saturated rings. The second-order valence-corrected chi connectivity index (χ2v) is 5.18. The van der Waals surface area contributed by atoms with Gasteiger partial charge in [-0.05, 0) is 55.3 Å². The van der Waals surface area contributed by atoms with E-state index in [1.807, 2.05) is 42.6 Å². The van der Waals surface area contributed by atoms with Crippen LogP contribution in [0.2, 0.25) is 0 Å². The van der Waals surface area contributed by atoms with Crippen molar-refractivity contribution in [1.82, 2.24) is 5.32 Å². The Kier molecular flexibility index (Phi) is 8.21. The van der Waals surface area contributed by atoms with Crippen molar-refractivity contribution in [2.75, 3.05) is 6.54 Å². The summed E-state index contributed by atoms with van der Waals surface area (Å²) in [5, 5.41) is 12.5. The summed E-state index contributed by atoms with van der Waals surface area (Å²) < 4.78 is 0.